The number of aryl methyl sites for hydroxylation is 1. The molecule has 1 aliphatic heterocycles. The van der Waals surface area contributed by atoms with Gasteiger partial charge in [0.25, 0.3) is 15.9 Å². The molecule has 6 nitrogen and oxygen atoms in total. The van der Waals surface area contributed by atoms with E-state index in [2.05, 4.69) is 4.98 Å². The zero-order valence-corrected chi connectivity index (χ0v) is 15.4. The van der Waals surface area contributed by atoms with Crippen LogP contribution >= 0.6 is 34.3 Å². The fourth-order valence-electron chi connectivity index (χ4n) is 2.32. The van der Waals surface area contributed by atoms with E-state index in [0.29, 0.717) is 23.1 Å². The van der Waals surface area contributed by atoms with Crippen LogP contribution < -0.4 is 0 Å². The summed E-state index contributed by atoms with van der Waals surface area (Å²) in [6.07, 6.45) is 0. The van der Waals surface area contributed by atoms with Crippen LogP contribution in [-0.4, -0.2) is 54.7 Å². The van der Waals surface area contributed by atoms with Gasteiger partial charge in [0.1, 0.15) is 9.90 Å². The van der Waals surface area contributed by atoms with Crippen molar-refractivity contribution in [2.45, 2.75) is 11.1 Å². The highest BCUT2D eigenvalue weighted by atomic mass is 35.5. The predicted octanol–water partition coefficient (Wildman–Crippen LogP) is 2.31. The van der Waals surface area contributed by atoms with Gasteiger partial charge in [-0.15, -0.1) is 22.7 Å². The Morgan fingerprint density at radius 2 is 1.96 bits per heavy atom. The lowest BCUT2D eigenvalue weighted by Crippen LogP contribution is -2.50. The van der Waals surface area contributed by atoms with Crippen LogP contribution in [0.1, 0.15) is 15.5 Å². The first-order chi connectivity index (χ1) is 10.9. The molecule has 0 aliphatic carbocycles. The van der Waals surface area contributed by atoms with Crippen molar-refractivity contribution in [1.29, 1.82) is 0 Å². The number of thiophene rings is 1. The molecule has 0 saturated carbocycles. The molecule has 0 radical (unpaired) electrons. The molecule has 0 N–H and O–H groups in total. The van der Waals surface area contributed by atoms with Gasteiger partial charge in [0.2, 0.25) is 0 Å². The molecule has 1 aliphatic rings. The first kappa shape index (κ1) is 16.8. The molecule has 3 rings (SSSR count). The number of hydrogen-bond donors (Lipinski definition) is 0. The average Bonchev–Trinajstić information content (AvgIpc) is 3.15. The third-order valence-corrected chi connectivity index (χ3v) is 7.88. The topological polar surface area (TPSA) is 70.6 Å². The molecule has 1 amide bonds. The van der Waals surface area contributed by atoms with Crippen molar-refractivity contribution in [2.75, 3.05) is 26.2 Å². The minimum atomic E-state index is -3.53. The number of carbonyl (C=O) groups is 1. The quantitative estimate of drug-likeness (QED) is 0.805. The fourth-order valence-corrected chi connectivity index (χ4v) is 5.96. The van der Waals surface area contributed by atoms with E-state index in [1.165, 1.54) is 21.7 Å². The lowest BCUT2D eigenvalue weighted by molar-refractivity contribution is 0.0692. The molecule has 124 valence electrons. The van der Waals surface area contributed by atoms with E-state index in [0.717, 1.165) is 16.3 Å². The molecule has 1 fully saturated rings. The number of carbonyl (C=O) groups excluding carboxylic acids is 1. The summed E-state index contributed by atoms with van der Waals surface area (Å²) in [5.74, 6) is -0.148. The smallest absolute Gasteiger partial charge is 0.273 e. The summed E-state index contributed by atoms with van der Waals surface area (Å²) in [7, 11) is -3.53. The summed E-state index contributed by atoms with van der Waals surface area (Å²) >= 11 is 8.28. The number of sulfonamides is 1. The van der Waals surface area contributed by atoms with Crippen molar-refractivity contribution in [3.05, 3.63) is 32.6 Å². The molecule has 10 heteroatoms. The van der Waals surface area contributed by atoms with Crippen LogP contribution in [0.4, 0.5) is 0 Å². The second-order valence-electron chi connectivity index (χ2n) is 5.01. The van der Waals surface area contributed by atoms with Crippen molar-refractivity contribution >= 4 is 50.2 Å². The number of rotatable bonds is 3. The number of hydrogen-bond acceptors (Lipinski definition) is 6. The molecule has 0 unspecified atom stereocenters. The maximum absolute atomic E-state index is 12.5. The molecular weight excluding hydrogens is 378 g/mol. The molecule has 2 aromatic heterocycles. The van der Waals surface area contributed by atoms with Crippen LogP contribution in [0.3, 0.4) is 0 Å². The van der Waals surface area contributed by atoms with Crippen LogP contribution in [0.5, 0.6) is 0 Å². The van der Waals surface area contributed by atoms with E-state index in [1.807, 2.05) is 6.92 Å². The van der Waals surface area contributed by atoms with Crippen LogP contribution in [-0.2, 0) is 10.0 Å². The zero-order chi connectivity index (χ0) is 16.6. The highest BCUT2D eigenvalue weighted by molar-refractivity contribution is 7.91. The van der Waals surface area contributed by atoms with Crippen LogP contribution in [0.15, 0.2) is 21.7 Å². The van der Waals surface area contributed by atoms with Gasteiger partial charge in [0, 0.05) is 31.6 Å². The number of piperazine rings is 1. The number of halogens is 1. The van der Waals surface area contributed by atoms with Gasteiger partial charge in [-0.05, 0) is 19.1 Å². The molecule has 0 spiro atoms. The molecule has 23 heavy (non-hydrogen) atoms. The van der Waals surface area contributed by atoms with Gasteiger partial charge in [0.05, 0.1) is 9.34 Å². The second kappa shape index (κ2) is 6.48. The Kier molecular flexibility index (Phi) is 4.75. The van der Waals surface area contributed by atoms with Crippen molar-refractivity contribution < 1.29 is 13.2 Å². The number of amides is 1. The standard InChI is InChI=1S/C13H14ClN3O3S3/c1-9-15-10(8-21-9)13(18)16-4-6-17(7-5-16)23(19,20)12-3-2-11(14)22-12/h2-3,8H,4-7H2,1H3. The zero-order valence-electron chi connectivity index (χ0n) is 12.2. The molecule has 0 aromatic carbocycles. The monoisotopic (exact) mass is 391 g/mol. The summed E-state index contributed by atoms with van der Waals surface area (Å²) in [5, 5.41) is 2.57. The van der Waals surface area contributed by atoms with Gasteiger partial charge >= 0.3 is 0 Å². The predicted molar refractivity (Wildman–Crippen MR) is 90.8 cm³/mol. The van der Waals surface area contributed by atoms with E-state index >= 15 is 0 Å². The Morgan fingerprint density at radius 3 is 2.48 bits per heavy atom. The van der Waals surface area contributed by atoms with Gasteiger partial charge in [-0.25, -0.2) is 13.4 Å². The Balaban J connectivity index is 1.67. The highest BCUT2D eigenvalue weighted by Gasteiger charge is 2.31. The molecule has 0 atom stereocenters. The second-order valence-corrected chi connectivity index (χ2v) is 9.95. The first-order valence-electron chi connectivity index (χ1n) is 6.85. The minimum absolute atomic E-state index is 0.148. The Bertz CT molecular complexity index is 822. The summed E-state index contributed by atoms with van der Waals surface area (Å²) in [6, 6.07) is 3.08. The van der Waals surface area contributed by atoms with E-state index in [1.54, 1.807) is 16.3 Å². The summed E-state index contributed by atoms with van der Waals surface area (Å²) < 4.78 is 27.1. The van der Waals surface area contributed by atoms with Crippen LogP contribution in [0.2, 0.25) is 4.34 Å². The summed E-state index contributed by atoms with van der Waals surface area (Å²) in [4.78, 5) is 18.2. The fraction of sp³-hybridized carbons (Fsp3) is 0.385. The minimum Gasteiger partial charge on any atom is -0.335 e. The van der Waals surface area contributed by atoms with E-state index in [9.17, 15) is 13.2 Å². The summed E-state index contributed by atoms with van der Waals surface area (Å²) in [5.41, 5.74) is 0.425. The molecule has 3 heterocycles. The van der Waals surface area contributed by atoms with Crippen molar-refractivity contribution in [3.63, 3.8) is 0 Å². The molecular formula is C13H14ClN3O3S3. The van der Waals surface area contributed by atoms with Gasteiger partial charge in [-0.3, -0.25) is 4.79 Å². The number of aromatic nitrogens is 1. The molecule has 1 saturated heterocycles. The Morgan fingerprint density at radius 1 is 1.26 bits per heavy atom. The van der Waals surface area contributed by atoms with E-state index in [-0.39, 0.29) is 23.2 Å². The van der Waals surface area contributed by atoms with Crippen LogP contribution in [0, 0.1) is 6.92 Å². The van der Waals surface area contributed by atoms with E-state index < -0.39 is 10.0 Å². The van der Waals surface area contributed by atoms with E-state index in [4.69, 9.17) is 11.6 Å². The van der Waals surface area contributed by atoms with Crippen molar-refractivity contribution in [2.24, 2.45) is 0 Å². The maximum atomic E-state index is 12.5. The highest BCUT2D eigenvalue weighted by Crippen LogP contribution is 2.28. The third-order valence-electron chi connectivity index (χ3n) is 3.51. The lowest BCUT2D eigenvalue weighted by atomic mass is 10.3. The molecule has 2 aromatic rings. The maximum Gasteiger partial charge on any atom is 0.273 e. The number of thiazole rings is 1. The Hall–Kier alpha value is -1.000. The normalized spacial score (nSPS) is 16.7. The third kappa shape index (κ3) is 3.43. The Labute approximate surface area is 147 Å². The number of nitrogens with zero attached hydrogens (tertiary/aromatic N) is 3. The van der Waals surface area contributed by atoms with Gasteiger partial charge in [0.15, 0.2) is 0 Å². The van der Waals surface area contributed by atoms with Crippen LogP contribution in [0.25, 0.3) is 0 Å². The molecule has 0 bridgehead atoms. The van der Waals surface area contributed by atoms with Gasteiger partial charge in [-0.1, -0.05) is 11.6 Å². The lowest BCUT2D eigenvalue weighted by Gasteiger charge is -2.33. The van der Waals surface area contributed by atoms with Crippen molar-refractivity contribution in [1.82, 2.24) is 14.2 Å². The average molecular weight is 392 g/mol. The van der Waals surface area contributed by atoms with Crippen molar-refractivity contribution in [3.8, 4) is 0 Å². The summed E-state index contributed by atoms with van der Waals surface area (Å²) in [6.45, 7) is 3.10. The first-order valence-corrected chi connectivity index (χ1v) is 10.4. The SMILES string of the molecule is Cc1nc(C(=O)N2CCN(S(=O)(=O)c3ccc(Cl)s3)CC2)cs1. The van der Waals surface area contributed by atoms with Gasteiger partial charge < -0.3 is 4.90 Å². The largest absolute Gasteiger partial charge is 0.335 e. The van der Waals surface area contributed by atoms with Gasteiger partial charge in [-0.2, -0.15) is 4.31 Å².